The van der Waals surface area contributed by atoms with Crippen LogP contribution in [0.4, 0.5) is 0 Å². The van der Waals surface area contributed by atoms with Crippen molar-refractivity contribution in [2.75, 3.05) is 46.2 Å². The molecule has 2 amide bonds. The third-order valence-electron chi connectivity index (χ3n) is 10.8. The Morgan fingerprint density at radius 2 is 1.17 bits per heavy atom. The van der Waals surface area contributed by atoms with Crippen molar-refractivity contribution in [2.24, 2.45) is 29.4 Å². The van der Waals surface area contributed by atoms with Crippen molar-refractivity contribution in [3.05, 3.63) is 0 Å². The molecule has 3 aliphatic rings. The van der Waals surface area contributed by atoms with E-state index in [0.29, 0.717) is 55.1 Å². The molecule has 16 heteroatoms. The first kappa shape index (κ1) is 64.4. The number of Topliss-reactive ketones (excluding diaryl/α,β-unsaturated/α-hetero) is 2. The molecular weight excluding hydrogens is 1130 g/mol. The van der Waals surface area contributed by atoms with Gasteiger partial charge in [-0.25, -0.2) is 4.84 Å². The lowest BCUT2D eigenvalue weighted by atomic mass is 9.74. The summed E-state index contributed by atoms with van der Waals surface area (Å²) in [6.45, 7) is 14.9. The Balaban J connectivity index is -0.000000809. The van der Waals surface area contributed by atoms with Gasteiger partial charge in [0.15, 0.2) is 18.4 Å². The quantitative estimate of drug-likeness (QED) is 0.0290. The molecule has 1 saturated heterocycles. The third-order valence-corrected chi connectivity index (χ3v) is 12.1. The Morgan fingerprint density at radius 3 is 1.49 bits per heavy atom. The van der Waals surface area contributed by atoms with E-state index >= 15 is 0 Å². The van der Waals surface area contributed by atoms with Crippen LogP contribution in [0, 0.1) is 23.7 Å². The molecule has 3 rings (SSSR count). The third kappa shape index (κ3) is 30.1. The molecule has 1 aliphatic heterocycles. The fraction of sp³-hybridized carbons (Fsp3) is 0.907. The molecule has 4 N–H and O–H groups in total. The van der Waals surface area contributed by atoms with Crippen LogP contribution < -0.4 is 5.73 Å². The molecule has 0 bridgehead atoms. The highest BCUT2D eigenvalue weighted by Gasteiger charge is 2.41. The Kier molecular flexibility index (Phi) is 43.1. The molecule has 59 heavy (non-hydrogen) atoms. The number of nitrogens with zero attached hydrogens (tertiary/aromatic N) is 1. The van der Waals surface area contributed by atoms with Crippen molar-refractivity contribution >= 4 is 116 Å². The summed E-state index contributed by atoms with van der Waals surface area (Å²) < 4.78 is 11.2. The standard InChI is InChI=1S/C18H29NO6.C16H30O3.C6H14S.CHI3.CH5N.CH4S/c1-3-14-6-4-5-13(2)9-18(23,10-14)15(20)11-24-12-25-19-16(21)7-8-17(19)22;1-4-9-19-12-15(17)16(18)10-13(3)7-6-8-14(5-2)11-16;1-4-6(5-2)7-3;2-1(3)4;2*1-2/h13-14,23H,3-12H2,1-2H3;13-14,18H,4-12H2,1-3H3;6H,4-5H2,1-3H3;1H;2H2,1H3;2H,1H3. The van der Waals surface area contributed by atoms with Gasteiger partial charge < -0.3 is 25.4 Å². The number of hydroxylamine groups is 2. The summed E-state index contributed by atoms with van der Waals surface area (Å²) in [5.41, 5.74) is 1.97. The number of thioether (sulfide) groups is 1. The lowest BCUT2D eigenvalue weighted by Crippen LogP contribution is -2.45. The zero-order chi connectivity index (χ0) is 46.0. The second kappa shape index (κ2) is 39.5. The number of hydrogen-bond donors (Lipinski definition) is 4. The molecule has 0 spiro atoms. The molecule has 1 heterocycles. The van der Waals surface area contributed by atoms with Gasteiger partial charge in [-0.05, 0) is 88.2 Å². The lowest BCUT2D eigenvalue weighted by molar-refractivity contribution is -0.217. The summed E-state index contributed by atoms with van der Waals surface area (Å²) in [5.74, 6) is 0.206. The predicted octanol–water partition coefficient (Wildman–Crippen LogP) is 10.5. The second-order valence-corrected chi connectivity index (χ2v) is 27.5. The van der Waals surface area contributed by atoms with Crippen molar-refractivity contribution in [3.8, 4) is 0 Å². The van der Waals surface area contributed by atoms with E-state index in [1.807, 2.05) is 18.7 Å². The van der Waals surface area contributed by atoms with Gasteiger partial charge >= 0.3 is 0 Å². The zero-order valence-electron chi connectivity index (χ0n) is 38.1. The van der Waals surface area contributed by atoms with Gasteiger partial charge in [-0.3, -0.25) is 19.2 Å². The van der Waals surface area contributed by atoms with Crippen LogP contribution in [0.5, 0.6) is 0 Å². The van der Waals surface area contributed by atoms with E-state index in [2.05, 4.69) is 134 Å². The first-order valence-corrected chi connectivity index (χ1v) is 27.5. The number of aliphatic hydroxyl groups is 2. The Bertz CT molecular complexity index is 1070. The normalized spacial score (nSPS) is 25.7. The van der Waals surface area contributed by atoms with Gasteiger partial charge in [-0.15, -0.1) is 0 Å². The lowest BCUT2D eigenvalue weighted by Gasteiger charge is -2.35. The Hall–Kier alpha value is 1.13. The minimum atomic E-state index is -1.38. The molecule has 6 unspecified atom stereocenters. The zero-order valence-corrected chi connectivity index (χ0v) is 46.3. The van der Waals surface area contributed by atoms with E-state index in [1.165, 1.54) is 26.3 Å². The summed E-state index contributed by atoms with van der Waals surface area (Å²) in [4.78, 5) is 52.6. The number of ether oxygens (including phenoxy) is 2. The molecule has 3 fully saturated rings. The number of rotatable bonds is 16. The number of ketones is 2. The SMILES string of the molecule is CCC(CC)SC.CCC1CCCC(C)CC(O)(C(=O)COCON2C(=O)CCC2=O)C1.CCCOCC(=O)C1(O)CC(C)CCCC(CC)C1.CN.CS.IC(I)I. The van der Waals surface area contributed by atoms with E-state index in [9.17, 15) is 29.4 Å². The van der Waals surface area contributed by atoms with E-state index < -0.39 is 23.0 Å². The molecule has 0 aromatic carbocycles. The van der Waals surface area contributed by atoms with Gasteiger partial charge in [0.25, 0.3) is 11.8 Å². The summed E-state index contributed by atoms with van der Waals surface area (Å²) in [7, 11) is 1.50. The first-order valence-electron chi connectivity index (χ1n) is 21.6. The number of nitrogens with two attached hydrogens (primary N) is 1. The largest absolute Gasteiger partial charge is 0.382 e. The number of imide groups is 1. The minimum absolute atomic E-state index is 0.0630. The number of amides is 2. The van der Waals surface area contributed by atoms with Crippen molar-refractivity contribution in [1.82, 2.24) is 5.06 Å². The van der Waals surface area contributed by atoms with Crippen molar-refractivity contribution in [3.63, 3.8) is 0 Å². The maximum Gasteiger partial charge on any atom is 0.254 e. The maximum atomic E-state index is 12.5. The van der Waals surface area contributed by atoms with Crippen molar-refractivity contribution < 1.29 is 43.7 Å². The van der Waals surface area contributed by atoms with Crippen LogP contribution in [0.1, 0.15) is 158 Å². The number of thiol groups is 1. The first-order chi connectivity index (χ1) is 27.9. The van der Waals surface area contributed by atoms with Crippen LogP contribution >= 0.6 is 92.2 Å². The molecular formula is C43H83I3N2O9S2. The molecule has 352 valence electrons. The summed E-state index contributed by atoms with van der Waals surface area (Å²) in [5, 5.41) is 23.3. The van der Waals surface area contributed by atoms with Crippen LogP contribution in [-0.2, 0) is 33.5 Å². The van der Waals surface area contributed by atoms with E-state index in [1.54, 1.807) is 6.26 Å². The van der Waals surface area contributed by atoms with Gasteiger partial charge in [0, 0.05) is 24.7 Å². The number of hydrogen-bond acceptors (Lipinski definition) is 12. The second-order valence-electron chi connectivity index (χ2n) is 15.5. The molecule has 2 saturated carbocycles. The molecule has 0 aromatic heterocycles. The molecule has 2 aliphatic carbocycles. The number of alkyl halides is 3. The topological polar surface area (TPSA) is 166 Å². The Morgan fingerprint density at radius 1 is 0.780 bits per heavy atom. The van der Waals surface area contributed by atoms with Gasteiger partial charge in [-0.1, -0.05) is 168 Å². The number of carbonyl (C=O) groups excluding carboxylic acids is 4. The van der Waals surface area contributed by atoms with Crippen molar-refractivity contribution in [1.29, 1.82) is 0 Å². The Labute approximate surface area is 410 Å². The maximum absolute atomic E-state index is 12.5. The average molecular weight is 1220 g/mol. The monoisotopic (exact) mass is 1220 g/mol. The molecule has 6 atom stereocenters. The summed E-state index contributed by atoms with van der Waals surface area (Å²) in [6.07, 6.45) is 18.4. The summed E-state index contributed by atoms with van der Waals surface area (Å²) in [6, 6.07) is 0. The highest BCUT2D eigenvalue weighted by atomic mass is 127. The van der Waals surface area contributed by atoms with E-state index in [0.717, 1.165) is 56.6 Å². The van der Waals surface area contributed by atoms with Gasteiger partial charge in [0.05, 0.1) is 0 Å². The van der Waals surface area contributed by atoms with Gasteiger partial charge in [0.1, 0.15) is 24.4 Å². The highest BCUT2D eigenvalue weighted by Crippen LogP contribution is 2.36. The fourth-order valence-corrected chi connectivity index (χ4v) is 8.14. The average Bonchev–Trinajstić information content (AvgIpc) is 3.52. The van der Waals surface area contributed by atoms with E-state index in [4.69, 9.17) is 14.3 Å². The van der Waals surface area contributed by atoms with E-state index in [-0.39, 0.29) is 50.3 Å². The fourth-order valence-electron chi connectivity index (χ4n) is 7.47. The predicted molar refractivity (Wildman–Crippen MR) is 275 cm³/mol. The minimum Gasteiger partial charge on any atom is -0.382 e. The number of carbonyl (C=O) groups is 4. The van der Waals surface area contributed by atoms with Crippen LogP contribution in [0.25, 0.3) is 0 Å². The smallest absolute Gasteiger partial charge is 0.254 e. The van der Waals surface area contributed by atoms with Crippen LogP contribution in [0.2, 0.25) is 0 Å². The van der Waals surface area contributed by atoms with Crippen LogP contribution in [-0.4, -0.2) is 101 Å². The highest BCUT2D eigenvalue weighted by molar-refractivity contribution is 14.3. The van der Waals surface area contributed by atoms with Gasteiger partial charge in [-0.2, -0.15) is 29.5 Å². The number of halogens is 3. The molecule has 11 nitrogen and oxygen atoms in total. The summed E-state index contributed by atoms with van der Waals surface area (Å²) >= 11 is 12.4. The van der Waals surface area contributed by atoms with Crippen molar-refractivity contribution in [2.45, 2.75) is 174 Å². The van der Waals surface area contributed by atoms with Crippen LogP contribution in [0.3, 0.4) is 0 Å². The van der Waals surface area contributed by atoms with Gasteiger partial charge in [0.2, 0.25) is 0 Å². The molecule has 0 radical (unpaired) electrons. The molecule has 0 aromatic rings. The van der Waals surface area contributed by atoms with Crippen LogP contribution in [0.15, 0.2) is 0 Å².